The normalized spacial score (nSPS) is 10.4. The summed E-state index contributed by atoms with van der Waals surface area (Å²) in [7, 11) is 0. The molecule has 82 valence electrons. The van der Waals surface area contributed by atoms with Gasteiger partial charge < -0.3 is 11.1 Å². The van der Waals surface area contributed by atoms with Crippen molar-refractivity contribution in [3.63, 3.8) is 0 Å². The molecule has 3 N–H and O–H groups in total. The largest absolute Gasteiger partial charge is 0.396 e. The van der Waals surface area contributed by atoms with Gasteiger partial charge in [0.1, 0.15) is 0 Å². The summed E-state index contributed by atoms with van der Waals surface area (Å²) < 4.78 is 0. The van der Waals surface area contributed by atoms with Crippen LogP contribution in [0.3, 0.4) is 0 Å². The number of nitrogens with two attached hydrogens (primary N) is 1. The van der Waals surface area contributed by atoms with E-state index in [0.717, 1.165) is 16.5 Å². The number of hydrogen-bond acceptors (Lipinski definition) is 3. The van der Waals surface area contributed by atoms with Crippen LogP contribution in [0.1, 0.15) is 12.6 Å². The molecule has 0 unspecified atom stereocenters. The van der Waals surface area contributed by atoms with Gasteiger partial charge in [0, 0.05) is 24.2 Å². The number of aromatic nitrogens is 1. The number of nitrogen functional groups attached to an aromatic ring is 1. The van der Waals surface area contributed by atoms with Crippen molar-refractivity contribution in [3.8, 4) is 0 Å². The van der Waals surface area contributed by atoms with E-state index >= 15 is 0 Å². The van der Waals surface area contributed by atoms with Crippen LogP contribution in [0.2, 0.25) is 0 Å². The number of pyridine rings is 1. The van der Waals surface area contributed by atoms with Crippen molar-refractivity contribution >= 4 is 28.1 Å². The number of nitrogens with zero attached hydrogens (tertiary/aromatic N) is 1. The number of benzene rings is 1. The van der Waals surface area contributed by atoms with E-state index in [1.165, 1.54) is 6.92 Å². The first-order chi connectivity index (χ1) is 7.58. The molecule has 4 nitrogen and oxygen atoms in total. The van der Waals surface area contributed by atoms with E-state index in [0.29, 0.717) is 11.4 Å². The lowest BCUT2D eigenvalue weighted by Crippen LogP contribution is -2.08. The fourth-order valence-electron chi connectivity index (χ4n) is 1.65. The minimum atomic E-state index is -0.133. The summed E-state index contributed by atoms with van der Waals surface area (Å²) in [5, 5.41) is 4.57. The first kappa shape index (κ1) is 10.4. The summed E-state index contributed by atoms with van der Waals surface area (Å²) in [5.74, 6) is -0.133. The molecule has 0 aliphatic rings. The fourth-order valence-corrected chi connectivity index (χ4v) is 1.65. The second-order valence-electron chi connectivity index (χ2n) is 3.75. The van der Waals surface area contributed by atoms with Crippen LogP contribution >= 0.6 is 0 Å². The highest BCUT2D eigenvalue weighted by Crippen LogP contribution is 2.28. The summed E-state index contributed by atoms with van der Waals surface area (Å²) in [6.07, 6.45) is 1.73. The lowest BCUT2D eigenvalue weighted by Gasteiger charge is -2.09. The second-order valence-corrected chi connectivity index (χ2v) is 3.75. The number of rotatable bonds is 1. The predicted octanol–water partition coefficient (Wildman–Crippen LogP) is 2.08. The van der Waals surface area contributed by atoms with E-state index < -0.39 is 0 Å². The number of amides is 1. The molecule has 0 saturated heterocycles. The Bertz CT molecular complexity index is 563. The molecule has 16 heavy (non-hydrogen) atoms. The Kier molecular flexibility index (Phi) is 2.48. The number of carbonyl (C=O) groups excluding carboxylic acids is 1. The zero-order valence-electron chi connectivity index (χ0n) is 9.24. The highest BCUT2D eigenvalue weighted by Gasteiger charge is 2.05. The molecule has 2 aromatic rings. The molecule has 2 rings (SSSR count). The molecule has 0 bridgehead atoms. The minimum Gasteiger partial charge on any atom is -0.396 e. The van der Waals surface area contributed by atoms with Gasteiger partial charge >= 0.3 is 0 Å². The van der Waals surface area contributed by atoms with Gasteiger partial charge in [-0.3, -0.25) is 9.78 Å². The van der Waals surface area contributed by atoms with Crippen molar-refractivity contribution in [1.82, 2.24) is 4.98 Å². The molecule has 0 atom stereocenters. The predicted molar refractivity (Wildman–Crippen MR) is 65.2 cm³/mol. The van der Waals surface area contributed by atoms with E-state index in [1.807, 2.05) is 19.1 Å². The Morgan fingerprint density at radius 2 is 2.19 bits per heavy atom. The molecule has 1 aromatic carbocycles. The minimum absolute atomic E-state index is 0.133. The van der Waals surface area contributed by atoms with Crippen LogP contribution < -0.4 is 11.1 Å². The fraction of sp³-hybridized carbons (Fsp3) is 0.167. The number of anilines is 2. The van der Waals surface area contributed by atoms with Gasteiger partial charge in [0.15, 0.2) is 0 Å². The number of fused-ring (bicyclic) bond motifs is 1. The van der Waals surface area contributed by atoms with Gasteiger partial charge in [0.2, 0.25) is 5.91 Å². The van der Waals surface area contributed by atoms with Crippen molar-refractivity contribution < 1.29 is 4.79 Å². The van der Waals surface area contributed by atoms with Crippen molar-refractivity contribution in [2.45, 2.75) is 13.8 Å². The lowest BCUT2D eigenvalue weighted by atomic mass is 10.1. The van der Waals surface area contributed by atoms with Crippen LogP contribution in [0, 0.1) is 6.92 Å². The maximum Gasteiger partial charge on any atom is 0.221 e. The van der Waals surface area contributed by atoms with Gasteiger partial charge in [0.05, 0.1) is 11.4 Å². The monoisotopic (exact) mass is 215 g/mol. The Morgan fingerprint density at radius 3 is 2.88 bits per heavy atom. The Hall–Kier alpha value is -2.10. The average Bonchev–Trinajstić information content (AvgIpc) is 2.22. The molecule has 0 spiro atoms. The Morgan fingerprint density at radius 1 is 1.44 bits per heavy atom. The van der Waals surface area contributed by atoms with Gasteiger partial charge in [-0.15, -0.1) is 0 Å². The Balaban J connectivity index is 2.60. The quantitative estimate of drug-likeness (QED) is 0.716. The van der Waals surface area contributed by atoms with Crippen LogP contribution in [-0.2, 0) is 4.79 Å². The third-order valence-electron chi connectivity index (χ3n) is 2.39. The van der Waals surface area contributed by atoms with Crippen molar-refractivity contribution in [2.24, 2.45) is 0 Å². The summed E-state index contributed by atoms with van der Waals surface area (Å²) in [6.45, 7) is 3.38. The molecular weight excluding hydrogens is 202 g/mol. The molecule has 0 fully saturated rings. The zero-order chi connectivity index (χ0) is 11.7. The number of carbonyl (C=O) groups is 1. The maximum atomic E-state index is 11.0. The molecule has 1 amide bonds. The topological polar surface area (TPSA) is 68.0 Å². The third-order valence-corrected chi connectivity index (χ3v) is 2.39. The maximum absolute atomic E-state index is 11.0. The molecule has 4 heteroatoms. The number of hydrogen-bond donors (Lipinski definition) is 2. The van der Waals surface area contributed by atoms with Crippen LogP contribution in [0.15, 0.2) is 24.4 Å². The van der Waals surface area contributed by atoms with Crippen molar-refractivity contribution in [2.75, 3.05) is 11.1 Å². The average molecular weight is 215 g/mol. The molecule has 1 heterocycles. The van der Waals surface area contributed by atoms with E-state index in [-0.39, 0.29) is 5.91 Å². The first-order valence-electron chi connectivity index (χ1n) is 5.00. The molecule has 0 aliphatic carbocycles. The SMILES string of the molecule is CC(=O)Nc1ccc2cc(C)ncc2c1N. The van der Waals surface area contributed by atoms with Crippen LogP contribution in [0.5, 0.6) is 0 Å². The molecule has 1 aromatic heterocycles. The van der Waals surface area contributed by atoms with Crippen LogP contribution in [-0.4, -0.2) is 10.9 Å². The molecular formula is C12H13N3O. The Labute approximate surface area is 93.5 Å². The summed E-state index contributed by atoms with van der Waals surface area (Å²) >= 11 is 0. The van der Waals surface area contributed by atoms with Gasteiger partial charge in [-0.25, -0.2) is 0 Å². The van der Waals surface area contributed by atoms with Crippen LogP contribution in [0.25, 0.3) is 10.8 Å². The van der Waals surface area contributed by atoms with Gasteiger partial charge in [-0.05, 0) is 24.4 Å². The standard InChI is InChI=1S/C12H13N3O/c1-7-5-9-3-4-11(15-8(2)16)12(13)10(9)6-14-7/h3-6H,13H2,1-2H3,(H,15,16). The molecule has 0 radical (unpaired) electrons. The van der Waals surface area contributed by atoms with Gasteiger partial charge in [-0.1, -0.05) is 6.07 Å². The number of aryl methyl sites for hydroxylation is 1. The summed E-state index contributed by atoms with van der Waals surface area (Å²) in [5.41, 5.74) is 8.09. The smallest absolute Gasteiger partial charge is 0.221 e. The number of nitrogens with one attached hydrogen (secondary N) is 1. The highest BCUT2D eigenvalue weighted by atomic mass is 16.1. The van der Waals surface area contributed by atoms with Gasteiger partial charge in [-0.2, -0.15) is 0 Å². The van der Waals surface area contributed by atoms with Crippen LogP contribution in [0.4, 0.5) is 11.4 Å². The third kappa shape index (κ3) is 1.82. The van der Waals surface area contributed by atoms with Crippen molar-refractivity contribution in [1.29, 1.82) is 0 Å². The first-order valence-corrected chi connectivity index (χ1v) is 5.00. The zero-order valence-corrected chi connectivity index (χ0v) is 9.24. The van der Waals surface area contributed by atoms with E-state index in [2.05, 4.69) is 10.3 Å². The van der Waals surface area contributed by atoms with E-state index in [1.54, 1.807) is 12.3 Å². The van der Waals surface area contributed by atoms with E-state index in [4.69, 9.17) is 5.73 Å². The second kappa shape index (κ2) is 3.81. The highest BCUT2D eigenvalue weighted by molar-refractivity contribution is 6.02. The van der Waals surface area contributed by atoms with Gasteiger partial charge in [0.25, 0.3) is 0 Å². The summed E-state index contributed by atoms with van der Waals surface area (Å²) in [4.78, 5) is 15.2. The lowest BCUT2D eigenvalue weighted by molar-refractivity contribution is -0.114. The molecule has 0 saturated carbocycles. The van der Waals surface area contributed by atoms with E-state index in [9.17, 15) is 4.79 Å². The summed E-state index contributed by atoms with van der Waals surface area (Å²) in [6, 6.07) is 5.69. The van der Waals surface area contributed by atoms with Crippen molar-refractivity contribution in [3.05, 3.63) is 30.1 Å². The molecule has 0 aliphatic heterocycles.